The van der Waals surface area contributed by atoms with Crippen LogP contribution in [0.1, 0.15) is 46.4 Å². The van der Waals surface area contributed by atoms with E-state index in [9.17, 15) is 20.0 Å². The number of hydrogen-bond acceptors (Lipinski definition) is 8. The predicted octanol–water partition coefficient (Wildman–Crippen LogP) is 2.36. The molecular weight excluding hydrogens is 436 g/mol. The summed E-state index contributed by atoms with van der Waals surface area (Å²) in [7, 11) is 2.10. The molecule has 0 atom stereocenters. The molecule has 0 aromatic carbocycles. The Hall–Kier alpha value is -3.55. The predicted molar refractivity (Wildman–Crippen MR) is 125 cm³/mol. The quantitative estimate of drug-likeness (QED) is 0.623. The molecule has 4 heterocycles. The van der Waals surface area contributed by atoms with Gasteiger partial charge in [-0.05, 0) is 63.4 Å². The van der Waals surface area contributed by atoms with Gasteiger partial charge in [0, 0.05) is 18.2 Å². The van der Waals surface area contributed by atoms with E-state index in [1.807, 2.05) is 0 Å². The van der Waals surface area contributed by atoms with Crippen LogP contribution >= 0.6 is 0 Å². The van der Waals surface area contributed by atoms with Gasteiger partial charge in [-0.2, -0.15) is 5.26 Å². The van der Waals surface area contributed by atoms with Crippen LogP contribution in [0.15, 0.2) is 18.3 Å². The zero-order chi connectivity index (χ0) is 24.1. The van der Waals surface area contributed by atoms with Crippen molar-refractivity contribution in [1.29, 1.82) is 5.26 Å². The maximum Gasteiger partial charge on any atom is 0.328 e. The second kappa shape index (κ2) is 10.6. The van der Waals surface area contributed by atoms with E-state index in [0.717, 1.165) is 37.9 Å². The molecule has 0 unspecified atom stereocenters. The molecule has 0 spiro atoms. The van der Waals surface area contributed by atoms with Gasteiger partial charge in [0.05, 0.1) is 19.4 Å². The molecule has 1 saturated heterocycles. The zero-order valence-corrected chi connectivity index (χ0v) is 19.2. The number of aliphatic hydroxyl groups is 1. The van der Waals surface area contributed by atoms with Crippen LogP contribution in [0.5, 0.6) is 5.75 Å². The Morgan fingerprint density at radius 2 is 2.15 bits per heavy atom. The molecule has 2 aliphatic heterocycles. The van der Waals surface area contributed by atoms with Crippen molar-refractivity contribution in [3.8, 4) is 11.8 Å². The lowest BCUT2D eigenvalue weighted by Gasteiger charge is -2.29. The average molecular weight is 465 g/mol. The van der Waals surface area contributed by atoms with Gasteiger partial charge in [-0.15, -0.1) is 0 Å². The molecule has 0 aliphatic carbocycles. The second-order valence-electron chi connectivity index (χ2n) is 8.71. The fourth-order valence-electron chi connectivity index (χ4n) is 4.31. The second-order valence-corrected chi connectivity index (χ2v) is 8.71. The molecule has 4 rings (SSSR count). The number of piperidine rings is 1. The maximum absolute atomic E-state index is 13.1. The third kappa shape index (κ3) is 5.16. The number of nitrogens with zero attached hydrogens (tertiary/aromatic N) is 5. The molecule has 2 N–H and O–H groups in total. The Balaban J connectivity index is 1.49. The van der Waals surface area contributed by atoms with Crippen molar-refractivity contribution in [3.05, 3.63) is 40.7 Å². The largest absolute Gasteiger partial charge is 0.492 e. The van der Waals surface area contributed by atoms with Crippen LogP contribution in [0.25, 0.3) is 0 Å². The van der Waals surface area contributed by atoms with Crippen LogP contribution in [-0.4, -0.2) is 65.6 Å². The highest BCUT2D eigenvalue weighted by molar-refractivity contribution is 6.01. The highest BCUT2D eigenvalue weighted by atomic mass is 16.5. The molecule has 34 heavy (non-hydrogen) atoms. The summed E-state index contributed by atoms with van der Waals surface area (Å²) < 4.78 is 5.96. The fourth-order valence-corrected chi connectivity index (χ4v) is 4.31. The first-order chi connectivity index (χ1) is 16.5. The van der Waals surface area contributed by atoms with Gasteiger partial charge in [0.1, 0.15) is 34.7 Å². The van der Waals surface area contributed by atoms with E-state index < -0.39 is 6.03 Å². The van der Waals surface area contributed by atoms with Gasteiger partial charge in [-0.25, -0.2) is 14.8 Å². The number of ether oxygens (including phenoxy) is 1. The van der Waals surface area contributed by atoms with Gasteiger partial charge in [0.25, 0.3) is 0 Å². The molecule has 2 aromatic heterocycles. The first-order valence-electron chi connectivity index (χ1n) is 11.4. The number of aliphatic hydroxyl groups excluding tert-OH is 1. The molecule has 10 nitrogen and oxygen atoms in total. The molecule has 0 bridgehead atoms. The minimum Gasteiger partial charge on any atom is -0.492 e. The summed E-state index contributed by atoms with van der Waals surface area (Å²) in [6, 6.07) is 4.93. The number of aldehydes is 1. The van der Waals surface area contributed by atoms with E-state index in [4.69, 9.17) is 4.74 Å². The smallest absolute Gasteiger partial charge is 0.328 e. The Bertz CT molecular complexity index is 1110. The Labute approximate surface area is 198 Å². The molecule has 178 valence electrons. The van der Waals surface area contributed by atoms with Crippen molar-refractivity contribution in [1.82, 2.24) is 14.9 Å². The average Bonchev–Trinajstić information content (AvgIpc) is 2.87. The minimum absolute atomic E-state index is 0.113. The summed E-state index contributed by atoms with van der Waals surface area (Å²) in [6.45, 7) is 2.68. The minimum atomic E-state index is -0.444. The molecule has 2 aliphatic rings. The van der Waals surface area contributed by atoms with Crippen LogP contribution in [0.3, 0.4) is 0 Å². The number of aryl methyl sites for hydroxylation is 1. The van der Waals surface area contributed by atoms with Gasteiger partial charge in [-0.1, -0.05) is 0 Å². The number of anilines is 2. The van der Waals surface area contributed by atoms with Crippen molar-refractivity contribution in [2.75, 3.05) is 43.5 Å². The highest BCUT2D eigenvalue weighted by Crippen LogP contribution is 2.29. The van der Waals surface area contributed by atoms with Gasteiger partial charge in [0.15, 0.2) is 6.29 Å². The first-order valence-corrected chi connectivity index (χ1v) is 11.4. The van der Waals surface area contributed by atoms with Crippen molar-refractivity contribution < 1.29 is 19.4 Å². The number of urea groups is 1. The topological polar surface area (TPSA) is 132 Å². The van der Waals surface area contributed by atoms with Crippen molar-refractivity contribution in [2.24, 2.45) is 5.92 Å². The van der Waals surface area contributed by atoms with Crippen molar-refractivity contribution >= 4 is 24.0 Å². The van der Waals surface area contributed by atoms with Crippen LogP contribution in [0, 0.1) is 17.2 Å². The summed E-state index contributed by atoms with van der Waals surface area (Å²) >= 11 is 0. The standard InChI is InChI=1S/C24H28N6O4/c1-29-7-4-16(5-8-29)15-34-21-10-22(26-12-19(21)11-25)28-24(33)30-6-2-3-17-9-18(13-31)20(14-32)27-23(17)30/h9-10,12,14,16,31H,2-8,13,15H2,1H3,(H,26,28,33). The number of hydrogen-bond donors (Lipinski definition) is 2. The van der Waals surface area contributed by atoms with Crippen molar-refractivity contribution in [3.63, 3.8) is 0 Å². The normalized spacial score (nSPS) is 16.4. The van der Waals surface area contributed by atoms with Gasteiger partial charge in [-0.3, -0.25) is 15.0 Å². The summed E-state index contributed by atoms with van der Waals surface area (Å²) in [5.74, 6) is 1.47. The van der Waals surface area contributed by atoms with Crippen LogP contribution in [0.2, 0.25) is 0 Å². The van der Waals surface area contributed by atoms with Crippen LogP contribution in [0.4, 0.5) is 16.4 Å². The first kappa shape index (κ1) is 23.6. The number of rotatable bonds is 6. The van der Waals surface area contributed by atoms with E-state index in [1.165, 1.54) is 11.1 Å². The number of nitrogens with one attached hydrogen (secondary N) is 1. The zero-order valence-electron chi connectivity index (χ0n) is 19.2. The van der Waals surface area contributed by atoms with Crippen molar-refractivity contribution in [2.45, 2.75) is 32.3 Å². The number of fused-ring (bicyclic) bond motifs is 1. The van der Waals surface area contributed by atoms with Crippen LogP contribution in [-0.2, 0) is 13.0 Å². The number of carbonyl (C=O) groups is 2. The van der Waals surface area contributed by atoms with Gasteiger partial charge in [0.2, 0.25) is 0 Å². The lowest BCUT2D eigenvalue weighted by molar-refractivity contribution is 0.111. The summed E-state index contributed by atoms with van der Waals surface area (Å²) in [5.41, 5.74) is 1.66. The molecule has 0 radical (unpaired) electrons. The lowest BCUT2D eigenvalue weighted by Crippen LogP contribution is -2.39. The van der Waals surface area contributed by atoms with E-state index in [1.54, 1.807) is 12.1 Å². The molecule has 2 aromatic rings. The maximum atomic E-state index is 13.1. The Morgan fingerprint density at radius 1 is 1.35 bits per heavy atom. The van der Waals surface area contributed by atoms with E-state index in [0.29, 0.717) is 54.5 Å². The number of likely N-dealkylation sites (tertiary alicyclic amines) is 1. The SMILES string of the molecule is CN1CCC(COc2cc(NC(=O)N3CCCc4cc(CO)c(C=O)nc43)ncc2C#N)CC1. The Morgan fingerprint density at radius 3 is 2.85 bits per heavy atom. The van der Waals surface area contributed by atoms with Gasteiger partial charge >= 0.3 is 6.03 Å². The molecule has 10 heteroatoms. The van der Waals surface area contributed by atoms with E-state index in [-0.39, 0.29) is 18.1 Å². The summed E-state index contributed by atoms with van der Waals surface area (Å²) in [6.07, 6.45) is 5.46. The summed E-state index contributed by atoms with van der Waals surface area (Å²) in [4.78, 5) is 36.7. The highest BCUT2D eigenvalue weighted by Gasteiger charge is 2.26. The molecule has 1 fully saturated rings. The third-order valence-corrected chi connectivity index (χ3v) is 6.34. The molecule has 0 saturated carbocycles. The number of nitriles is 1. The fraction of sp³-hybridized carbons (Fsp3) is 0.458. The number of amides is 2. The number of pyridine rings is 2. The number of carbonyl (C=O) groups excluding carboxylic acids is 2. The monoisotopic (exact) mass is 464 g/mol. The number of aromatic nitrogens is 2. The Kier molecular flexibility index (Phi) is 7.35. The van der Waals surface area contributed by atoms with Gasteiger partial charge < -0.3 is 14.7 Å². The van der Waals surface area contributed by atoms with E-state index in [2.05, 4.69) is 33.3 Å². The molecular formula is C24H28N6O4. The van der Waals surface area contributed by atoms with E-state index >= 15 is 0 Å². The van der Waals surface area contributed by atoms with Crippen LogP contribution < -0.4 is 15.0 Å². The summed E-state index contributed by atoms with van der Waals surface area (Å²) in [5, 5.41) is 21.7. The lowest BCUT2D eigenvalue weighted by atomic mass is 9.98. The molecule has 2 amide bonds. The third-order valence-electron chi connectivity index (χ3n) is 6.34.